The number of benzene rings is 1. The molecule has 0 saturated carbocycles. The van der Waals surface area contributed by atoms with Gasteiger partial charge in [-0.2, -0.15) is 10.4 Å². The minimum atomic E-state index is -0.285. The lowest BCUT2D eigenvalue weighted by Gasteiger charge is -2.43. The van der Waals surface area contributed by atoms with E-state index in [1.54, 1.807) is 17.9 Å². The van der Waals surface area contributed by atoms with Gasteiger partial charge in [0.1, 0.15) is 24.0 Å². The number of aliphatic hydroxyl groups excluding tert-OH is 1. The smallest absolute Gasteiger partial charge is 0.164 e. The number of fused-ring (bicyclic) bond motifs is 1. The molecule has 3 N–H and O–H groups in total. The Bertz CT molecular complexity index is 1210. The molecule has 2 aromatic heterocycles. The minimum Gasteiger partial charge on any atom is -0.496 e. The van der Waals surface area contributed by atoms with E-state index in [0.717, 1.165) is 16.8 Å². The summed E-state index contributed by atoms with van der Waals surface area (Å²) in [6.45, 7) is 7.34. The van der Waals surface area contributed by atoms with Crippen LogP contribution < -0.4 is 10.5 Å². The molecule has 1 aromatic carbocycles. The number of nitriles is 1. The van der Waals surface area contributed by atoms with Crippen molar-refractivity contribution in [2.24, 2.45) is 0 Å². The molecular weight excluding hydrogens is 430 g/mol. The summed E-state index contributed by atoms with van der Waals surface area (Å²) in [5.41, 5.74) is 9.44. The summed E-state index contributed by atoms with van der Waals surface area (Å²) in [4.78, 5) is 10.6. The maximum atomic E-state index is 9.84. The molecule has 168 valence electrons. The van der Waals surface area contributed by atoms with E-state index < -0.39 is 0 Å². The summed E-state index contributed by atoms with van der Waals surface area (Å²) < 4.78 is 7.65. The molecule has 1 saturated heterocycles. The van der Waals surface area contributed by atoms with Crippen LogP contribution in [0.5, 0.6) is 5.75 Å². The first-order valence-corrected chi connectivity index (χ1v) is 10.8. The van der Waals surface area contributed by atoms with Crippen molar-refractivity contribution < 1.29 is 9.84 Å². The number of methoxy groups -OCH3 is 1. The highest BCUT2D eigenvalue weighted by Crippen LogP contribution is 2.44. The number of aryl methyl sites for hydroxylation is 1. The van der Waals surface area contributed by atoms with Crippen LogP contribution in [0.1, 0.15) is 48.2 Å². The quantitative estimate of drug-likeness (QED) is 0.580. The molecule has 2 atom stereocenters. The Morgan fingerprint density at radius 3 is 2.72 bits per heavy atom. The fourth-order valence-corrected chi connectivity index (χ4v) is 4.72. The van der Waals surface area contributed by atoms with Crippen LogP contribution >= 0.6 is 11.6 Å². The molecule has 0 spiro atoms. The molecule has 1 aliphatic heterocycles. The monoisotopic (exact) mass is 455 g/mol. The number of hydrogen-bond acceptors (Lipinski definition) is 8. The number of likely N-dealkylation sites (tertiary alicyclic amines) is 1. The number of ether oxygens (including phenoxy) is 1. The number of anilines is 1. The average molecular weight is 456 g/mol. The second kappa shape index (κ2) is 8.54. The number of nitrogens with zero attached hydrogens (tertiary/aromatic N) is 6. The molecule has 3 aromatic rings. The molecule has 32 heavy (non-hydrogen) atoms. The summed E-state index contributed by atoms with van der Waals surface area (Å²) in [7, 11) is 1.60. The number of nitrogens with two attached hydrogens (primary N) is 1. The van der Waals surface area contributed by atoms with Crippen molar-refractivity contribution >= 4 is 28.5 Å². The lowest BCUT2D eigenvalue weighted by Crippen LogP contribution is -2.51. The molecule has 0 radical (unpaired) electrons. The number of hydrogen-bond donors (Lipinski definition) is 2. The molecule has 10 heteroatoms. The number of aromatic nitrogens is 4. The van der Waals surface area contributed by atoms with Crippen molar-refractivity contribution in [3.63, 3.8) is 0 Å². The predicted molar refractivity (Wildman–Crippen MR) is 122 cm³/mol. The Hall–Kier alpha value is -2.93. The first-order valence-electron chi connectivity index (χ1n) is 10.4. The SMILES string of the molecule is COc1c(C(C)n2nc(C)c3c(N)ncnc32)cc(Cl)c(C#N)c1C1CN([C@@H](C)CO)C1. The molecule has 1 unspecified atom stereocenters. The van der Waals surface area contributed by atoms with E-state index in [9.17, 15) is 10.4 Å². The molecule has 4 rings (SSSR count). The zero-order valence-electron chi connectivity index (χ0n) is 18.5. The Balaban J connectivity index is 1.83. The van der Waals surface area contributed by atoms with Crippen molar-refractivity contribution in [3.05, 3.63) is 39.8 Å². The highest BCUT2D eigenvalue weighted by Gasteiger charge is 2.37. The van der Waals surface area contributed by atoms with E-state index in [4.69, 9.17) is 22.1 Å². The minimum absolute atomic E-state index is 0.0592. The fraction of sp³-hybridized carbons (Fsp3) is 0.455. The molecule has 0 bridgehead atoms. The van der Waals surface area contributed by atoms with Gasteiger partial charge in [-0.15, -0.1) is 0 Å². The number of halogens is 1. The van der Waals surface area contributed by atoms with Gasteiger partial charge in [-0.1, -0.05) is 11.6 Å². The summed E-state index contributed by atoms with van der Waals surface area (Å²) in [6.07, 6.45) is 1.42. The predicted octanol–water partition coefficient (Wildman–Crippen LogP) is 2.64. The Kier molecular flexibility index (Phi) is 5.95. The summed E-state index contributed by atoms with van der Waals surface area (Å²) in [5.74, 6) is 1.08. The highest BCUT2D eigenvalue weighted by atomic mass is 35.5. The topological polar surface area (TPSA) is 126 Å². The van der Waals surface area contributed by atoms with Gasteiger partial charge in [0, 0.05) is 36.2 Å². The second-order valence-electron chi connectivity index (χ2n) is 8.23. The van der Waals surface area contributed by atoms with Gasteiger partial charge in [0.15, 0.2) is 5.65 Å². The van der Waals surface area contributed by atoms with Crippen LogP contribution in [0.3, 0.4) is 0 Å². The van der Waals surface area contributed by atoms with E-state index in [0.29, 0.717) is 46.3 Å². The van der Waals surface area contributed by atoms with Crippen LogP contribution in [0.25, 0.3) is 11.0 Å². The molecule has 1 fully saturated rings. The number of rotatable bonds is 6. The molecule has 9 nitrogen and oxygen atoms in total. The molecule has 0 amide bonds. The summed E-state index contributed by atoms with van der Waals surface area (Å²) in [6, 6.07) is 3.80. The summed E-state index contributed by atoms with van der Waals surface area (Å²) >= 11 is 6.59. The van der Waals surface area contributed by atoms with E-state index in [2.05, 4.69) is 26.0 Å². The van der Waals surface area contributed by atoms with E-state index in [-0.39, 0.29) is 24.6 Å². The van der Waals surface area contributed by atoms with Gasteiger partial charge in [-0.05, 0) is 26.8 Å². The van der Waals surface area contributed by atoms with E-state index >= 15 is 0 Å². The standard InChI is InChI=1S/C22H26ClN7O2/c1-11(9-31)29-7-14(8-29)19-16(6-24)17(23)5-15(20(19)32-4)13(3)30-22-18(12(2)28-30)21(25)26-10-27-22/h5,10-11,13-14,31H,7-9H2,1-4H3,(H2,25,26,27)/t11-,13?/m0/s1. The van der Waals surface area contributed by atoms with Gasteiger partial charge in [-0.25, -0.2) is 14.6 Å². The zero-order chi connectivity index (χ0) is 23.2. The lowest BCUT2D eigenvalue weighted by molar-refractivity contribution is 0.0620. The first-order chi connectivity index (χ1) is 15.3. The van der Waals surface area contributed by atoms with Gasteiger partial charge >= 0.3 is 0 Å². The maximum absolute atomic E-state index is 9.84. The van der Waals surface area contributed by atoms with Crippen LogP contribution in [0.2, 0.25) is 5.02 Å². The fourth-order valence-electron chi connectivity index (χ4n) is 4.45. The Labute approximate surface area is 191 Å². The largest absolute Gasteiger partial charge is 0.496 e. The normalized spacial score (nSPS) is 16.5. The Morgan fingerprint density at radius 2 is 2.09 bits per heavy atom. The van der Waals surface area contributed by atoms with Crippen molar-refractivity contribution in [3.8, 4) is 11.8 Å². The van der Waals surface area contributed by atoms with Crippen molar-refractivity contribution in [1.29, 1.82) is 5.26 Å². The first kappa shape index (κ1) is 22.3. The van der Waals surface area contributed by atoms with Crippen LogP contribution in [-0.4, -0.2) is 62.6 Å². The Morgan fingerprint density at radius 1 is 1.38 bits per heavy atom. The average Bonchev–Trinajstić information content (AvgIpc) is 3.09. The van der Waals surface area contributed by atoms with Crippen LogP contribution in [0, 0.1) is 18.3 Å². The van der Waals surface area contributed by atoms with Gasteiger partial charge in [0.05, 0.1) is 41.4 Å². The maximum Gasteiger partial charge on any atom is 0.164 e. The summed E-state index contributed by atoms with van der Waals surface area (Å²) in [5, 5.41) is 25.0. The van der Waals surface area contributed by atoms with Gasteiger partial charge in [0.25, 0.3) is 0 Å². The highest BCUT2D eigenvalue weighted by molar-refractivity contribution is 6.32. The number of nitrogen functional groups attached to an aromatic ring is 1. The lowest BCUT2D eigenvalue weighted by atomic mass is 9.84. The van der Waals surface area contributed by atoms with Crippen molar-refractivity contribution in [2.75, 3.05) is 32.5 Å². The van der Waals surface area contributed by atoms with Crippen molar-refractivity contribution in [2.45, 2.75) is 38.8 Å². The second-order valence-corrected chi connectivity index (χ2v) is 8.63. The van der Waals surface area contributed by atoms with Gasteiger partial charge in [-0.3, -0.25) is 4.90 Å². The molecule has 0 aliphatic carbocycles. The van der Waals surface area contributed by atoms with Crippen LogP contribution in [0.15, 0.2) is 12.4 Å². The molecule has 1 aliphatic rings. The van der Waals surface area contributed by atoms with Gasteiger partial charge < -0.3 is 15.6 Å². The third kappa shape index (κ3) is 3.45. The van der Waals surface area contributed by atoms with Crippen LogP contribution in [0.4, 0.5) is 5.82 Å². The third-order valence-electron chi connectivity index (χ3n) is 6.33. The zero-order valence-corrected chi connectivity index (χ0v) is 19.3. The van der Waals surface area contributed by atoms with Crippen molar-refractivity contribution in [1.82, 2.24) is 24.6 Å². The third-order valence-corrected chi connectivity index (χ3v) is 6.63. The number of aliphatic hydroxyl groups is 1. The van der Waals surface area contributed by atoms with Gasteiger partial charge in [0.2, 0.25) is 0 Å². The molecule has 3 heterocycles. The van der Waals surface area contributed by atoms with Crippen LogP contribution in [-0.2, 0) is 0 Å². The molecular formula is C22H26ClN7O2. The van der Waals surface area contributed by atoms with E-state index in [1.807, 2.05) is 20.8 Å². The van der Waals surface area contributed by atoms with E-state index in [1.165, 1.54) is 6.33 Å².